The summed E-state index contributed by atoms with van der Waals surface area (Å²) < 4.78 is 11.4. The lowest BCUT2D eigenvalue weighted by Gasteiger charge is -2.44. The molecule has 23 heavy (non-hydrogen) atoms. The van der Waals surface area contributed by atoms with Crippen molar-refractivity contribution in [2.45, 2.75) is 76.5 Å². The first-order valence-electron chi connectivity index (χ1n) is 8.27. The number of hydrogen-bond donors (Lipinski definition) is 5. The molecule has 1 heterocycles. The van der Waals surface area contributed by atoms with E-state index in [4.69, 9.17) is 9.47 Å². The number of aliphatic hydroxyl groups excluding tert-OH is 5. The first-order valence-corrected chi connectivity index (χ1v) is 8.27. The fourth-order valence-electron chi connectivity index (χ4n) is 4.78. The maximum atomic E-state index is 10.2. The topological polar surface area (TPSA) is 120 Å². The Hall–Kier alpha value is -0.280. The van der Waals surface area contributed by atoms with Crippen LogP contribution < -0.4 is 0 Å². The molecule has 2 unspecified atom stereocenters. The van der Waals surface area contributed by atoms with Gasteiger partial charge in [-0.25, -0.2) is 0 Å². The van der Waals surface area contributed by atoms with Crippen LogP contribution in [0.2, 0.25) is 0 Å². The van der Waals surface area contributed by atoms with Crippen LogP contribution in [0.4, 0.5) is 0 Å². The summed E-state index contributed by atoms with van der Waals surface area (Å²) in [5, 5.41) is 49.3. The highest BCUT2D eigenvalue weighted by atomic mass is 16.7. The van der Waals surface area contributed by atoms with Crippen LogP contribution in [-0.4, -0.2) is 75.1 Å². The van der Waals surface area contributed by atoms with E-state index in [2.05, 4.69) is 20.8 Å². The quantitative estimate of drug-likeness (QED) is 0.449. The van der Waals surface area contributed by atoms with Gasteiger partial charge in [0.2, 0.25) is 0 Å². The van der Waals surface area contributed by atoms with Gasteiger partial charge in [-0.2, -0.15) is 0 Å². The van der Waals surface area contributed by atoms with Crippen molar-refractivity contribution in [2.24, 2.45) is 16.7 Å². The summed E-state index contributed by atoms with van der Waals surface area (Å²) in [4.78, 5) is 0. The molecule has 134 valence electrons. The minimum Gasteiger partial charge on any atom is -0.394 e. The van der Waals surface area contributed by atoms with Gasteiger partial charge >= 0.3 is 0 Å². The third-order valence-corrected chi connectivity index (χ3v) is 6.82. The molecular weight excluding hydrogens is 304 g/mol. The predicted octanol–water partition coefficient (Wildman–Crippen LogP) is -1.01. The van der Waals surface area contributed by atoms with Gasteiger partial charge in [0, 0.05) is 5.41 Å². The number of aliphatic hydroxyl groups is 5. The highest BCUT2D eigenvalue weighted by Crippen LogP contribution is 2.66. The Bertz CT molecular complexity index is 454. The van der Waals surface area contributed by atoms with Crippen molar-refractivity contribution in [1.29, 1.82) is 0 Å². The Morgan fingerprint density at radius 3 is 2.17 bits per heavy atom. The average molecular weight is 332 g/mol. The third-order valence-electron chi connectivity index (χ3n) is 6.82. The van der Waals surface area contributed by atoms with Crippen LogP contribution >= 0.6 is 0 Å². The maximum Gasteiger partial charge on any atom is 0.186 e. The molecule has 0 radical (unpaired) electrons. The van der Waals surface area contributed by atoms with Gasteiger partial charge < -0.3 is 35.0 Å². The fourth-order valence-corrected chi connectivity index (χ4v) is 4.78. The molecule has 7 nitrogen and oxygen atoms in total. The molecule has 0 aromatic heterocycles. The van der Waals surface area contributed by atoms with Crippen molar-refractivity contribution >= 4 is 0 Å². The summed E-state index contributed by atoms with van der Waals surface area (Å²) in [5.74, 6) is 0.113. The van der Waals surface area contributed by atoms with E-state index in [1.165, 1.54) is 0 Å². The maximum absolute atomic E-state index is 10.2. The van der Waals surface area contributed by atoms with Crippen molar-refractivity contribution in [2.75, 3.05) is 6.61 Å². The van der Waals surface area contributed by atoms with Crippen molar-refractivity contribution < 1.29 is 35.0 Å². The largest absolute Gasteiger partial charge is 0.394 e. The van der Waals surface area contributed by atoms with Crippen LogP contribution in [0.3, 0.4) is 0 Å². The summed E-state index contributed by atoms with van der Waals surface area (Å²) in [6, 6.07) is 0. The van der Waals surface area contributed by atoms with Gasteiger partial charge in [-0.3, -0.25) is 0 Å². The molecule has 7 heteroatoms. The van der Waals surface area contributed by atoms with Gasteiger partial charge in [0.25, 0.3) is 0 Å². The van der Waals surface area contributed by atoms with E-state index in [0.717, 1.165) is 0 Å². The second kappa shape index (κ2) is 5.62. The zero-order valence-corrected chi connectivity index (χ0v) is 13.8. The van der Waals surface area contributed by atoms with Gasteiger partial charge in [0.05, 0.1) is 18.8 Å². The summed E-state index contributed by atoms with van der Waals surface area (Å²) >= 11 is 0. The Kier molecular flexibility index (Phi) is 4.29. The highest BCUT2D eigenvalue weighted by molar-refractivity contribution is 5.14. The van der Waals surface area contributed by atoms with E-state index in [1.54, 1.807) is 0 Å². The first kappa shape index (κ1) is 17.5. The van der Waals surface area contributed by atoms with Crippen LogP contribution in [0, 0.1) is 16.7 Å². The molecule has 0 amide bonds. The van der Waals surface area contributed by atoms with Crippen LogP contribution in [-0.2, 0) is 9.47 Å². The zero-order valence-electron chi connectivity index (χ0n) is 13.8. The molecule has 2 bridgehead atoms. The lowest BCUT2D eigenvalue weighted by Crippen LogP contribution is -2.60. The van der Waals surface area contributed by atoms with E-state index in [1.807, 2.05) is 0 Å². The van der Waals surface area contributed by atoms with E-state index in [0.29, 0.717) is 12.8 Å². The van der Waals surface area contributed by atoms with Gasteiger partial charge in [-0.05, 0) is 24.2 Å². The molecule has 3 rings (SSSR count). The predicted molar refractivity (Wildman–Crippen MR) is 79.3 cm³/mol. The minimum atomic E-state index is -1.43. The molecule has 3 aliphatic rings. The molecule has 0 aromatic carbocycles. The molecule has 5 N–H and O–H groups in total. The molecule has 1 saturated heterocycles. The average Bonchev–Trinajstić information content (AvgIpc) is 2.78. The van der Waals surface area contributed by atoms with Gasteiger partial charge in [0.1, 0.15) is 24.4 Å². The summed E-state index contributed by atoms with van der Waals surface area (Å²) in [7, 11) is 0. The number of hydrogen-bond acceptors (Lipinski definition) is 7. The number of rotatable bonds is 3. The Morgan fingerprint density at radius 1 is 1.04 bits per heavy atom. The van der Waals surface area contributed by atoms with Crippen LogP contribution in [0.25, 0.3) is 0 Å². The van der Waals surface area contributed by atoms with E-state index >= 15 is 0 Å². The van der Waals surface area contributed by atoms with E-state index in [-0.39, 0.29) is 29.0 Å². The molecule has 2 saturated carbocycles. The Morgan fingerprint density at radius 2 is 1.70 bits per heavy atom. The number of fused-ring (bicyclic) bond motifs is 2. The SMILES string of the molecule is CC1(C)C2C[C@H](O[C@@H]3O[C@H](CO)[C@@H](O)[C@H](O)[C@H]3O)C1(C)C[C@@H]2O. The second-order valence-corrected chi connectivity index (χ2v) is 8.07. The van der Waals surface area contributed by atoms with Crippen LogP contribution in [0.1, 0.15) is 33.6 Å². The Labute approximate surface area is 135 Å². The smallest absolute Gasteiger partial charge is 0.186 e. The standard InChI is InChI=1S/C16H28O7/c1-15(2)7-4-10(16(15,3)5-8(7)18)23-14-13(21)12(20)11(19)9(6-17)22-14/h7-14,17-21H,4-6H2,1-3H3/t7?,8-,9+,10-,11+,12-,13+,14-,16?/m0/s1. The third kappa shape index (κ3) is 2.37. The second-order valence-electron chi connectivity index (χ2n) is 8.07. The van der Waals surface area contributed by atoms with Crippen LogP contribution in [0.5, 0.6) is 0 Å². The fraction of sp³-hybridized carbons (Fsp3) is 1.00. The highest BCUT2D eigenvalue weighted by Gasteiger charge is 2.66. The van der Waals surface area contributed by atoms with E-state index in [9.17, 15) is 25.5 Å². The van der Waals surface area contributed by atoms with Gasteiger partial charge in [-0.1, -0.05) is 20.8 Å². The number of ether oxygens (including phenoxy) is 2. The lowest BCUT2D eigenvalue weighted by molar-refractivity contribution is -0.320. The minimum absolute atomic E-state index is 0.106. The lowest BCUT2D eigenvalue weighted by atomic mass is 9.70. The summed E-state index contributed by atoms with van der Waals surface area (Å²) in [6.45, 7) is 5.83. The monoisotopic (exact) mass is 332 g/mol. The molecule has 0 spiro atoms. The van der Waals surface area contributed by atoms with Crippen LogP contribution in [0.15, 0.2) is 0 Å². The van der Waals surface area contributed by atoms with Crippen molar-refractivity contribution in [1.82, 2.24) is 0 Å². The summed E-state index contributed by atoms with van der Waals surface area (Å²) in [6.07, 6.45) is -5.60. The molecule has 0 aromatic rings. The molecule has 3 fully saturated rings. The van der Waals surface area contributed by atoms with Crippen molar-refractivity contribution in [3.63, 3.8) is 0 Å². The Balaban J connectivity index is 1.75. The molecule has 1 aliphatic heterocycles. The van der Waals surface area contributed by atoms with Crippen molar-refractivity contribution in [3.8, 4) is 0 Å². The summed E-state index contributed by atoms with van der Waals surface area (Å²) in [5.41, 5.74) is -0.374. The van der Waals surface area contributed by atoms with Gasteiger partial charge in [0.15, 0.2) is 6.29 Å². The van der Waals surface area contributed by atoms with Gasteiger partial charge in [-0.15, -0.1) is 0 Å². The van der Waals surface area contributed by atoms with Crippen molar-refractivity contribution in [3.05, 3.63) is 0 Å². The molecule has 9 atom stereocenters. The van der Waals surface area contributed by atoms with E-state index < -0.39 is 37.3 Å². The zero-order chi connectivity index (χ0) is 17.2. The first-order chi connectivity index (χ1) is 10.6. The normalized spacial score (nSPS) is 55.3. The molecule has 2 aliphatic carbocycles. The molecular formula is C16H28O7.